The number of aromatic nitrogens is 4. The van der Waals surface area contributed by atoms with Crippen LogP contribution in [0.15, 0.2) is 42.5 Å². The second kappa shape index (κ2) is 8.13. The summed E-state index contributed by atoms with van der Waals surface area (Å²) in [5, 5.41) is 10.6. The highest BCUT2D eigenvalue weighted by atomic mass is 16.2. The third-order valence-corrected chi connectivity index (χ3v) is 6.33. The van der Waals surface area contributed by atoms with E-state index in [1.54, 1.807) is 0 Å². The molecule has 0 saturated carbocycles. The molecule has 4 aromatic rings. The molecule has 168 valence electrons. The predicted molar refractivity (Wildman–Crippen MR) is 134 cm³/mol. The molecule has 1 aliphatic heterocycles. The molecule has 0 spiro atoms. The van der Waals surface area contributed by atoms with Crippen molar-refractivity contribution in [2.24, 2.45) is 0 Å². The van der Waals surface area contributed by atoms with Crippen LogP contribution < -0.4 is 10.6 Å². The van der Waals surface area contributed by atoms with Gasteiger partial charge in [0, 0.05) is 33.8 Å². The number of hydrogen-bond acceptors (Lipinski definition) is 5. The molecule has 1 atom stereocenters. The number of hydrogen-bond donors (Lipinski definition) is 2. The van der Waals surface area contributed by atoms with Gasteiger partial charge in [-0.2, -0.15) is 10.1 Å². The minimum Gasteiger partial charge on any atom is -0.345 e. The number of carbonyl (C=O) groups is 1. The number of aryl methyl sites for hydroxylation is 4. The van der Waals surface area contributed by atoms with E-state index in [2.05, 4.69) is 50.8 Å². The normalized spacial score (nSPS) is 14.7. The van der Waals surface area contributed by atoms with Gasteiger partial charge in [0.1, 0.15) is 0 Å². The summed E-state index contributed by atoms with van der Waals surface area (Å²) in [5.41, 5.74) is 9.65. The summed E-state index contributed by atoms with van der Waals surface area (Å²) in [6.45, 7) is 10.0. The molecule has 8 heteroatoms. The summed E-state index contributed by atoms with van der Waals surface area (Å²) < 4.78 is 1.24. The molecule has 0 aliphatic carbocycles. The Hall–Kier alpha value is -3.94. The van der Waals surface area contributed by atoms with E-state index in [1.807, 2.05) is 52.0 Å². The van der Waals surface area contributed by atoms with Crippen LogP contribution in [0.3, 0.4) is 0 Å². The fourth-order valence-corrected chi connectivity index (χ4v) is 4.49. The van der Waals surface area contributed by atoms with E-state index in [4.69, 9.17) is 7.98 Å². The molecule has 0 fully saturated rings. The lowest BCUT2D eigenvalue weighted by Crippen LogP contribution is -2.16. The molecular formula is C26H25BN6O. The van der Waals surface area contributed by atoms with Gasteiger partial charge in [-0.1, -0.05) is 18.2 Å². The van der Waals surface area contributed by atoms with Gasteiger partial charge >= 0.3 is 0 Å². The van der Waals surface area contributed by atoms with Gasteiger partial charge in [0.15, 0.2) is 5.82 Å². The van der Waals surface area contributed by atoms with E-state index in [0.717, 1.165) is 50.5 Å². The van der Waals surface area contributed by atoms with Gasteiger partial charge in [-0.3, -0.25) is 14.4 Å². The van der Waals surface area contributed by atoms with Crippen LogP contribution in [-0.4, -0.2) is 33.5 Å². The molecule has 7 nitrogen and oxygen atoms in total. The minimum absolute atomic E-state index is 0.0381. The van der Waals surface area contributed by atoms with Crippen LogP contribution in [0.25, 0.3) is 22.5 Å². The Balaban J connectivity index is 1.45. The molecule has 5 rings (SSSR count). The van der Waals surface area contributed by atoms with E-state index < -0.39 is 0 Å². The van der Waals surface area contributed by atoms with E-state index in [9.17, 15) is 4.79 Å². The first kappa shape index (κ1) is 21.9. The maximum absolute atomic E-state index is 12.1. The van der Waals surface area contributed by atoms with Crippen LogP contribution in [-0.2, 0) is 0 Å². The van der Waals surface area contributed by atoms with E-state index in [-0.39, 0.29) is 11.9 Å². The van der Waals surface area contributed by atoms with Gasteiger partial charge in [0.05, 0.1) is 6.04 Å². The monoisotopic (exact) mass is 448 g/mol. The maximum atomic E-state index is 12.1. The summed E-state index contributed by atoms with van der Waals surface area (Å²) in [5.74, 6) is 0.905. The van der Waals surface area contributed by atoms with Crippen LogP contribution in [0.4, 0.5) is 11.6 Å². The van der Waals surface area contributed by atoms with Crippen molar-refractivity contribution in [3.63, 3.8) is 0 Å². The van der Waals surface area contributed by atoms with Crippen molar-refractivity contribution in [3.8, 4) is 22.5 Å². The number of nitrogens with one attached hydrogen (secondary N) is 2. The lowest BCUT2D eigenvalue weighted by Gasteiger charge is -2.12. The predicted octanol–water partition coefficient (Wildman–Crippen LogP) is 4.72. The first-order valence-corrected chi connectivity index (χ1v) is 11.2. The standard InChI is InChI=1S/C26H25BN6O/c1-13-10-18(7-9-19(13)20-8-6-15(3)28-16(20)4)24-31-26(33(27)32-24)30-23-12-21-17(5)29-25(34)22(21)11-14(23)2/h6-12,17H,1-5H3,(H,29,34)(H,30,31,32). The van der Waals surface area contributed by atoms with Crippen LogP contribution >= 0.6 is 0 Å². The SMILES string of the molecule is [B]n1nc(-c2ccc(-c3ccc(C)nc3C)c(C)c2)nc1Nc1cc2c(cc1C)C(=O)NC2C. The molecule has 2 radical (unpaired) electrons. The molecular weight excluding hydrogens is 423 g/mol. The highest BCUT2D eigenvalue weighted by Gasteiger charge is 2.26. The first-order chi connectivity index (χ1) is 16.2. The largest absolute Gasteiger partial charge is 0.345 e. The highest BCUT2D eigenvalue weighted by molar-refractivity contribution is 6.07. The number of nitrogens with zero attached hydrogens (tertiary/aromatic N) is 4. The Bertz CT molecular complexity index is 1460. The summed E-state index contributed by atoms with van der Waals surface area (Å²) in [6, 6.07) is 14.1. The van der Waals surface area contributed by atoms with Gasteiger partial charge in [-0.05, 0) is 81.1 Å². The van der Waals surface area contributed by atoms with Gasteiger partial charge in [-0.15, -0.1) is 0 Å². The van der Waals surface area contributed by atoms with Crippen molar-refractivity contribution in [1.82, 2.24) is 25.0 Å². The van der Waals surface area contributed by atoms with Gasteiger partial charge in [-0.25, -0.2) is 0 Å². The molecule has 3 heterocycles. The van der Waals surface area contributed by atoms with Crippen LogP contribution in [0.5, 0.6) is 0 Å². The molecule has 2 aromatic heterocycles. The number of pyridine rings is 1. The maximum Gasteiger partial charge on any atom is 0.269 e. The second-order valence-electron chi connectivity index (χ2n) is 8.89. The van der Waals surface area contributed by atoms with Gasteiger partial charge in [0.2, 0.25) is 5.95 Å². The third kappa shape index (κ3) is 3.75. The molecule has 2 aromatic carbocycles. The van der Waals surface area contributed by atoms with Gasteiger partial charge in [0.25, 0.3) is 13.9 Å². The number of carbonyl (C=O) groups excluding carboxylic acids is 1. The van der Waals surface area contributed by atoms with Crippen molar-refractivity contribution in [3.05, 3.63) is 76.1 Å². The fourth-order valence-electron chi connectivity index (χ4n) is 4.49. The molecule has 1 aliphatic rings. The van der Waals surface area contributed by atoms with E-state index in [0.29, 0.717) is 17.3 Å². The summed E-state index contributed by atoms with van der Waals surface area (Å²) in [4.78, 5) is 21.3. The van der Waals surface area contributed by atoms with Crippen molar-refractivity contribution >= 4 is 25.5 Å². The number of fused-ring (bicyclic) bond motifs is 1. The van der Waals surface area contributed by atoms with Crippen molar-refractivity contribution < 1.29 is 4.79 Å². The quantitative estimate of drug-likeness (QED) is 0.442. The van der Waals surface area contributed by atoms with Crippen LogP contribution in [0.1, 0.15) is 51.4 Å². The van der Waals surface area contributed by atoms with Crippen LogP contribution in [0.2, 0.25) is 0 Å². The average Bonchev–Trinajstić information content (AvgIpc) is 3.28. The number of rotatable bonds is 4. The Morgan fingerprint density at radius 1 is 0.941 bits per heavy atom. The van der Waals surface area contributed by atoms with Crippen molar-refractivity contribution in [2.45, 2.75) is 40.7 Å². The van der Waals surface area contributed by atoms with Crippen molar-refractivity contribution in [1.29, 1.82) is 0 Å². The zero-order chi connectivity index (χ0) is 24.1. The molecule has 34 heavy (non-hydrogen) atoms. The Kier molecular flexibility index (Phi) is 5.23. The zero-order valence-corrected chi connectivity index (χ0v) is 19.9. The highest BCUT2D eigenvalue weighted by Crippen LogP contribution is 2.33. The zero-order valence-electron chi connectivity index (χ0n) is 19.9. The molecule has 2 N–H and O–H groups in total. The second-order valence-corrected chi connectivity index (χ2v) is 8.89. The average molecular weight is 448 g/mol. The fraction of sp³-hybridized carbons (Fsp3) is 0.231. The number of anilines is 2. The Labute approximate surface area is 200 Å². The van der Waals surface area contributed by atoms with E-state index in [1.165, 1.54) is 4.59 Å². The third-order valence-electron chi connectivity index (χ3n) is 6.33. The smallest absolute Gasteiger partial charge is 0.269 e. The van der Waals surface area contributed by atoms with Gasteiger partial charge < -0.3 is 10.6 Å². The molecule has 1 unspecified atom stereocenters. The molecule has 1 amide bonds. The molecule has 0 bridgehead atoms. The lowest BCUT2D eigenvalue weighted by molar-refractivity contribution is 0.0958. The molecule has 0 saturated heterocycles. The minimum atomic E-state index is -0.0446. The van der Waals surface area contributed by atoms with Crippen molar-refractivity contribution in [2.75, 3.05) is 5.32 Å². The number of benzene rings is 2. The first-order valence-electron chi connectivity index (χ1n) is 11.2. The van der Waals surface area contributed by atoms with Crippen LogP contribution in [0, 0.1) is 27.7 Å². The Morgan fingerprint density at radius 3 is 2.44 bits per heavy atom. The lowest BCUT2D eigenvalue weighted by atomic mass is 9.97. The Morgan fingerprint density at radius 2 is 1.71 bits per heavy atom. The number of amides is 1. The van der Waals surface area contributed by atoms with E-state index >= 15 is 0 Å². The summed E-state index contributed by atoms with van der Waals surface area (Å²) in [6.07, 6.45) is 0. The summed E-state index contributed by atoms with van der Waals surface area (Å²) >= 11 is 0. The topological polar surface area (TPSA) is 84.7 Å². The summed E-state index contributed by atoms with van der Waals surface area (Å²) in [7, 11) is 6.14.